The van der Waals surface area contributed by atoms with E-state index in [2.05, 4.69) is 26.6 Å². The first-order valence-electron chi connectivity index (χ1n) is 5.59. The Labute approximate surface area is 112 Å². The van der Waals surface area contributed by atoms with Crippen LogP contribution in [0, 0.1) is 5.82 Å². The Morgan fingerprint density at radius 1 is 1.50 bits per heavy atom. The summed E-state index contributed by atoms with van der Waals surface area (Å²) in [6, 6.07) is 4.03. The monoisotopic (exact) mass is 314 g/mol. The third-order valence-electron chi connectivity index (χ3n) is 2.78. The molecule has 0 aliphatic carbocycles. The van der Waals surface area contributed by atoms with E-state index >= 15 is 0 Å². The van der Waals surface area contributed by atoms with Crippen LogP contribution in [0.4, 0.5) is 4.39 Å². The fourth-order valence-electron chi connectivity index (χ4n) is 1.76. The van der Waals surface area contributed by atoms with Crippen LogP contribution in [-0.2, 0) is 4.79 Å². The fraction of sp³-hybridized carbons (Fsp3) is 0.333. The molecule has 1 aromatic rings. The maximum atomic E-state index is 13.0. The minimum atomic E-state index is -0.406. The number of hydrogen-bond acceptors (Lipinski definition) is 2. The van der Waals surface area contributed by atoms with Crippen LogP contribution >= 0.6 is 15.9 Å². The van der Waals surface area contributed by atoms with Crippen molar-refractivity contribution in [3.63, 3.8) is 0 Å². The van der Waals surface area contributed by atoms with E-state index in [1.165, 1.54) is 18.2 Å². The molecule has 1 aromatic carbocycles. The number of benzene rings is 1. The minimum Gasteiger partial charge on any atom is -0.354 e. The summed E-state index contributed by atoms with van der Waals surface area (Å²) in [7, 11) is 0. The van der Waals surface area contributed by atoms with Crippen LogP contribution in [0.3, 0.4) is 0 Å². The lowest BCUT2D eigenvalue weighted by Crippen LogP contribution is -2.47. The molecule has 2 amide bonds. The van der Waals surface area contributed by atoms with Gasteiger partial charge in [0.1, 0.15) is 5.82 Å². The van der Waals surface area contributed by atoms with Crippen molar-refractivity contribution in [3.05, 3.63) is 34.1 Å². The van der Waals surface area contributed by atoms with E-state index < -0.39 is 5.82 Å². The summed E-state index contributed by atoms with van der Waals surface area (Å²) in [4.78, 5) is 22.9. The summed E-state index contributed by atoms with van der Waals surface area (Å²) in [5, 5.41) is 5.49. The van der Waals surface area contributed by atoms with Crippen LogP contribution in [0.5, 0.6) is 0 Å². The van der Waals surface area contributed by atoms with E-state index in [0.29, 0.717) is 24.9 Å². The van der Waals surface area contributed by atoms with Crippen molar-refractivity contribution in [2.75, 3.05) is 6.54 Å². The zero-order valence-electron chi connectivity index (χ0n) is 9.50. The number of halogens is 2. The van der Waals surface area contributed by atoms with Gasteiger partial charge in [0, 0.05) is 24.6 Å². The maximum absolute atomic E-state index is 13.0. The van der Waals surface area contributed by atoms with Gasteiger partial charge in [0.25, 0.3) is 5.91 Å². The third kappa shape index (κ3) is 3.07. The van der Waals surface area contributed by atoms with E-state index in [1.807, 2.05) is 0 Å². The second kappa shape index (κ2) is 5.48. The molecule has 6 heteroatoms. The van der Waals surface area contributed by atoms with E-state index in [0.717, 1.165) is 0 Å². The topological polar surface area (TPSA) is 58.2 Å². The van der Waals surface area contributed by atoms with E-state index in [-0.39, 0.29) is 22.3 Å². The van der Waals surface area contributed by atoms with Crippen molar-refractivity contribution in [3.8, 4) is 0 Å². The molecule has 2 rings (SSSR count). The Morgan fingerprint density at radius 3 is 2.89 bits per heavy atom. The van der Waals surface area contributed by atoms with Crippen molar-refractivity contribution in [2.24, 2.45) is 0 Å². The lowest BCUT2D eigenvalue weighted by molar-refractivity contribution is -0.122. The van der Waals surface area contributed by atoms with E-state index in [1.54, 1.807) is 0 Å². The van der Waals surface area contributed by atoms with Crippen molar-refractivity contribution < 1.29 is 14.0 Å². The summed E-state index contributed by atoms with van der Waals surface area (Å²) in [5.41, 5.74) is 0.389. The summed E-state index contributed by atoms with van der Waals surface area (Å²) in [6.45, 7) is 0.437. The predicted molar refractivity (Wildman–Crippen MR) is 67.6 cm³/mol. The van der Waals surface area contributed by atoms with Crippen LogP contribution in [0.2, 0.25) is 0 Å². The molecule has 1 atom stereocenters. The van der Waals surface area contributed by atoms with Gasteiger partial charge in [-0.15, -0.1) is 0 Å². The van der Waals surface area contributed by atoms with Crippen molar-refractivity contribution in [2.45, 2.75) is 18.9 Å². The molecule has 1 saturated heterocycles. The Bertz CT molecular complexity index is 483. The quantitative estimate of drug-likeness (QED) is 0.871. The van der Waals surface area contributed by atoms with Gasteiger partial charge < -0.3 is 10.6 Å². The minimum absolute atomic E-state index is 0.00465. The molecule has 4 nitrogen and oxygen atoms in total. The van der Waals surface area contributed by atoms with E-state index in [9.17, 15) is 14.0 Å². The molecule has 1 heterocycles. The predicted octanol–water partition coefficient (Wildman–Crippen LogP) is 1.60. The third-order valence-corrected chi connectivity index (χ3v) is 3.39. The first-order chi connectivity index (χ1) is 8.56. The zero-order chi connectivity index (χ0) is 13.1. The van der Waals surface area contributed by atoms with Crippen LogP contribution in [-0.4, -0.2) is 24.4 Å². The molecular weight excluding hydrogens is 303 g/mol. The average Bonchev–Trinajstić information content (AvgIpc) is 2.35. The first kappa shape index (κ1) is 13.0. The number of piperidine rings is 1. The first-order valence-corrected chi connectivity index (χ1v) is 6.38. The number of rotatable bonds is 2. The summed E-state index contributed by atoms with van der Waals surface area (Å²) in [5.74, 6) is -0.668. The normalized spacial score (nSPS) is 19.2. The summed E-state index contributed by atoms with van der Waals surface area (Å²) < 4.78 is 13.3. The highest BCUT2D eigenvalue weighted by atomic mass is 79.9. The van der Waals surface area contributed by atoms with Gasteiger partial charge in [0.05, 0.1) is 4.47 Å². The lowest BCUT2D eigenvalue weighted by Gasteiger charge is -2.23. The van der Waals surface area contributed by atoms with Gasteiger partial charge in [-0.1, -0.05) is 0 Å². The Morgan fingerprint density at radius 2 is 2.28 bits per heavy atom. The highest BCUT2D eigenvalue weighted by Crippen LogP contribution is 2.17. The molecule has 0 spiro atoms. The SMILES string of the molecule is O=C1CCC(NC(=O)c2ccc(F)c(Br)c2)CN1. The number of nitrogens with one attached hydrogen (secondary N) is 2. The molecule has 1 unspecified atom stereocenters. The zero-order valence-corrected chi connectivity index (χ0v) is 11.1. The van der Waals surface area contributed by atoms with E-state index in [4.69, 9.17) is 0 Å². The highest BCUT2D eigenvalue weighted by molar-refractivity contribution is 9.10. The van der Waals surface area contributed by atoms with Gasteiger partial charge in [0.2, 0.25) is 5.91 Å². The van der Waals surface area contributed by atoms with Crippen molar-refractivity contribution >= 4 is 27.7 Å². The molecule has 18 heavy (non-hydrogen) atoms. The van der Waals surface area contributed by atoms with Gasteiger partial charge in [-0.3, -0.25) is 9.59 Å². The molecule has 0 bridgehead atoms. The molecule has 1 aliphatic rings. The molecule has 0 radical (unpaired) electrons. The maximum Gasteiger partial charge on any atom is 0.251 e. The molecule has 1 aliphatic heterocycles. The largest absolute Gasteiger partial charge is 0.354 e. The molecule has 96 valence electrons. The smallest absolute Gasteiger partial charge is 0.251 e. The summed E-state index contributed by atoms with van der Waals surface area (Å²) >= 11 is 3.04. The Hall–Kier alpha value is -1.43. The molecular formula is C12H12BrFN2O2. The summed E-state index contributed by atoms with van der Waals surface area (Å²) in [6.07, 6.45) is 1.04. The standard InChI is InChI=1S/C12H12BrFN2O2/c13-9-5-7(1-3-10(9)14)12(18)16-8-2-4-11(17)15-6-8/h1,3,5,8H,2,4,6H2,(H,15,17)(H,16,18). The van der Waals surface area contributed by atoms with Crippen LogP contribution < -0.4 is 10.6 Å². The van der Waals surface area contributed by atoms with Gasteiger partial charge in [-0.25, -0.2) is 4.39 Å². The number of carbonyl (C=O) groups excluding carboxylic acids is 2. The number of amides is 2. The van der Waals surface area contributed by atoms with Crippen LogP contribution in [0.15, 0.2) is 22.7 Å². The Kier molecular flexibility index (Phi) is 3.96. The van der Waals surface area contributed by atoms with Gasteiger partial charge in [0.15, 0.2) is 0 Å². The average molecular weight is 315 g/mol. The fourth-order valence-corrected chi connectivity index (χ4v) is 2.14. The Balaban J connectivity index is 1.99. The van der Waals surface area contributed by atoms with Crippen LogP contribution in [0.1, 0.15) is 23.2 Å². The van der Waals surface area contributed by atoms with Crippen molar-refractivity contribution in [1.29, 1.82) is 0 Å². The van der Waals surface area contributed by atoms with Gasteiger partial charge in [-0.05, 0) is 40.5 Å². The number of carbonyl (C=O) groups is 2. The molecule has 0 aromatic heterocycles. The lowest BCUT2D eigenvalue weighted by atomic mass is 10.1. The van der Waals surface area contributed by atoms with Crippen LogP contribution in [0.25, 0.3) is 0 Å². The van der Waals surface area contributed by atoms with Gasteiger partial charge in [-0.2, -0.15) is 0 Å². The highest BCUT2D eigenvalue weighted by Gasteiger charge is 2.20. The second-order valence-corrected chi connectivity index (χ2v) is 5.00. The molecule has 2 N–H and O–H groups in total. The second-order valence-electron chi connectivity index (χ2n) is 4.14. The molecule has 0 saturated carbocycles. The van der Waals surface area contributed by atoms with Crippen molar-refractivity contribution in [1.82, 2.24) is 10.6 Å². The van der Waals surface area contributed by atoms with Gasteiger partial charge >= 0.3 is 0 Å². The molecule has 1 fully saturated rings. The number of hydrogen-bond donors (Lipinski definition) is 2.